The first-order valence-electron chi connectivity index (χ1n) is 7.24. The SMILES string of the molecule is CCCNC(CCC)CCc1ccc([N+](=O)[O-])cc1Br. The Morgan fingerprint density at radius 1 is 1.30 bits per heavy atom. The maximum absolute atomic E-state index is 10.7. The van der Waals surface area contributed by atoms with Gasteiger partial charge in [-0.2, -0.15) is 0 Å². The van der Waals surface area contributed by atoms with Crippen LogP contribution in [0.15, 0.2) is 22.7 Å². The van der Waals surface area contributed by atoms with Crippen LogP contribution < -0.4 is 5.32 Å². The van der Waals surface area contributed by atoms with Gasteiger partial charge in [-0.1, -0.05) is 42.3 Å². The van der Waals surface area contributed by atoms with Gasteiger partial charge in [0, 0.05) is 22.6 Å². The fraction of sp³-hybridized carbons (Fsp3) is 0.600. The number of nitrogens with zero attached hydrogens (tertiary/aromatic N) is 1. The molecular weight excluding hydrogens is 320 g/mol. The predicted molar refractivity (Wildman–Crippen MR) is 86.1 cm³/mol. The smallest absolute Gasteiger partial charge is 0.270 e. The zero-order valence-corrected chi connectivity index (χ0v) is 13.8. The van der Waals surface area contributed by atoms with E-state index in [0.29, 0.717) is 6.04 Å². The summed E-state index contributed by atoms with van der Waals surface area (Å²) in [5.74, 6) is 0. The van der Waals surface area contributed by atoms with E-state index < -0.39 is 0 Å². The van der Waals surface area contributed by atoms with Crippen molar-refractivity contribution < 1.29 is 4.92 Å². The molecule has 112 valence electrons. The summed E-state index contributed by atoms with van der Waals surface area (Å²) in [4.78, 5) is 10.3. The molecule has 1 atom stereocenters. The lowest BCUT2D eigenvalue weighted by molar-refractivity contribution is -0.384. The molecule has 0 saturated heterocycles. The van der Waals surface area contributed by atoms with Crippen molar-refractivity contribution in [3.05, 3.63) is 38.3 Å². The molecule has 4 nitrogen and oxygen atoms in total. The minimum Gasteiger partial charge on any atom is -0.314 e. The maximum atomic E-state index is 10.7. The Morgan fingerprint density at radius 3 is 2.60 bits per heavy atom. The Morgan fingerprint density at radius 2 is 2.05 bits per heavy atom. The summed E-state index contributed by atoms with van der Waals surface area (Å²) >= 11 is 3.43. The van der Waals surface area contributed by atoms with Crippen molar-refractivity contribution in [1.82, 2.24) is 5.32 Å². The maximum Gasteiger partial charge on any atom is 0.270 e. The van der Waals surface area contributed by atoms with Crippen LogP contribution in [-0.4, -0.2) is 17.5 Å². The number of nitro benzene ring substituents is 1. The van der Waals surface area contributed by atoms with E-state index in [4.69, 9.17) is 0 Å². The standard InChI is InChI=1S/C15H23BrN2O2/c1-3-5-13(17-10-4-2)8-6-12-7-9-14(18(19)20)11-15(12)16/h7,9,11,13,17H,3-6,8,10H2,1-2H3. The first-order valence-corrected chi connectivity index (χ1v) is 8.04. The van der Waals surface area contributed by atoms with Gasteiger partial charge in [0.05, 0.1) is 4.92 Å². The molecule has 0 amide bonds. The Bertz CT molecular complexity index is 438. The van der Waals surface area contributed by atoms with Gasteiger partial charge in [0.2, 0.25) is 0 Å². The largest absolute Gasteiger partial charge is 0.314 e. The van der Waals surface area contributed by atoms with E-state index in [1.807, 2.05) is 6.07 Å². The lowest BCUT2D eigenvalue weighted by atomic mass is 10.0. The van der Waals surface area contributed by atoms with Gasteiger partial charge in [0.1, 0.15) is 0 Å². The zero-order valence-electron chi connectivity index (χ0n) is 12.2. The molecule has 0 bridgehead atoms. The number of rotatable bonds is 9. The minimum absolute atomic E-state index is 0.134. The molecule has 0 fully saturated rings. The number of hydrogen-bond donors (Lipinski definition) is 1. The van der Waals surface area contributed by atoms with Crippen molar-refractivity contribution in [2.24, 2.45) is 0 Å². The number of nitro groups is 1. The van der Waals surface area contributed by atoms with Crippen LogP contribution in [-0.2, 0) is 6.42 Å². The molecule has 1 N–H and O–H groups in total. The molecule has 5 heteroatoms. The third kappa shape index (κ3) is 5.59. The van der Waals surface area contributed by atoms with Gasteiger partial charge in [-0.15, -0.1) is 0 Å². The zero-order chi connectivity index (χ0) is 15.0. The Hall–Kier alpha value is -0.940. The molecule has 0 saturated carbocycles. The van der Waals surface area contributed by atoms with Crippen LogP contribution in [0.25, 0.3) is 0 Å². The summed E-state index contributed by atoms with van der Waals surface area (Å²) < 4.78 is 0.831. The fourth-order valence-corrected chi connectivity index (χ4v) is 2.79. The first-order chi connectivity index (χ1) is 9.58. The van der Waals surface area contributed by atoms with Gasteiger partial charge in [0.25, 0.3) is 5.69 Å². The van der Waals surface area contributed by atoms with Crippen LogP contribution in [0.2, 0.25) is 0 Å². The molecule has 0 aliphatic heterocycles. The molecule has 1 aromatic rings. The van der Waals surface area contributed by atoms with E-state index in [2.05, 4.69) is 35.1 Å². The highest BCUT2D eigenvalue weighted by molar-refractivity contribution is 9.10. The monoisotopic (exact) mass is 342 g/mol. The van der Waals surface area contributed by atoms with Crippen LogP contribution in [0.3, 0.4) is 0 Å². The molecule has 0 aromatic heterocycles. The predicted octanol–water partition coefficient (Wildman–Crippen LogP) is 4.46. The van der Waals surface area contributed by atoms with Gasteiger partial charge in [0.15, 0.2) is 0 Å². The molecule has 0 heterocycles. The highest BCUT2D eigenvalue weighted by Gasteiger charge is 2.11. The number of non-ortho nitro benzene ring substituents is 1. The Kier molecular flexibility index (Phi) is 7.77. The van der Waals surface area contributed by atoms with Gasteiger partial charge in [-0.25, -0.2) is 0 Å². The summed E-state index contributed by atoms with van der Waals surface area (Å²) in [6, 6.07) is 5.55. The van der Waals surface area contributed by atoms with Crippen LogP contribution in [0.5, 0.6) is 0 Å². The fourth-order valence-electron chi connectivity index (χ4n) is 2.23. The summed E-state index contributed by atoms with van der Waals surface area (Å²) in [6.45, 7) is 5.41. The molecule has 0 aliphatic rings. The molecule has 1 aromatic carbocycles. The van der Waals surface area contributed by atoms with Crippen molar-refractivity contribution in [2.75, 3.05) is 6.54 Å². The molecular formula is C15H23BrN2O2. The molecule has 1 unspecified atom stereocenters. The highest BCUT2D eigenvalue weighted by atomic mass is 79.9. The highest BCUT2D eigenvalue weighted by Crippen LogP contribution is 2.24. The van der Waals surface area contributed by atoms with Crippen LogP contribution in [0.4, 0.5) is 5.69 Å². The molecule has 20 heavy (non-hydrogen) atoms. The van der Waals surface area contributed by atoms with Gasteiger partial charge in [-0.05, 0) is 37.8 Å². The van der Waals surface area contributed by atoms with Crippen molar-refractivity contribution in [3.8, 4) is 0 Å². The molecule has 1 rings (SSSR count). The summed E-state index contributed by atoms with van der Waals surface area (Å²) in [5, 5.41) is 14.3. The third-order valence-electron chi connectivity index (χ3n) is 3.33. The van der Waals surface area contributed by atoms with Gasteiger partial charge in [-0.3, -0.25) is 10.1 Å². The molecule has 0 radical (unpaired) electrons. The van der Waals surface area contributed by atoms with E-state index >= 15 is 0 Å². The second-order valence-electron chi connectivity index (χ2n) is 5.01. The lowest BCUT2D eigenvalue weighted by Gasteiger charge is -2.18. The number of nitrogens with one attached hydrogen (secondary N) is 1. The Balaban J connectivity index is 2.60. The van der Waals surface area contributed by atoms with Crippen molar-refractivity contribution in [3.63, 3.8) is 0 Å². The second-order valence-corrected chi connectivity index (χ2v) is 5.87. The minimum atomic E-state index is -0.364. The summed E-state index contributed by atoms with van der Waals surface area (Å²) in [5.41, 5.74) is 1.27. The molecule has 0 spiro atoms. The van der Waals surface area contributed by atoms with Crippen molar-refractivity contribution in [1.29, 1.82) is 0 Å². The van der Waals surface area contributed by atoms with E-state index in [1.165, 1.54) is 12.8 Å². The van der Waals surface area contributed by atoms with Crippen LogP contribution in [0.1, 0.15) is 45.1 Å². The normalized spacial score (nSPS) is 12.3. The van der Waals surface area contributed by atoms with Gasteiger partial charge >= 0.3 is 0 Å². The molecule has 0 aliphatic carbocycles. The summed E-state index contributed by atoms with van der Waals surface area (Å²) in [7, 11) is 0. The Labute approximate surface area is 129 Å². The summed E-state index contributed by atoms with van der Waals surface area (Å²) in [6.07, 6.45) is 5.47. The quantitative estimate of drug-likeness (QED) is 0.532. The topological polar surface area (TPSA) is 55.2 Å². The van der Waals surface area contributed by atoms with E-state index in [9.17, 15) is 10.1 Å². The second kappa shape index (κ2) is 9.08. The number of benzene rings is 1. The van der Waals surface area contributed by atoms with E-state index in [-0.39, 0.29) is 10.6 Å². The number of halogens is 1. The van der Waals surface area contributed by atoms with Crippen LogP contribution in [0, 0.1) is 10.1 Å². The van der Waals surface area contributed by atoms with Crippen molar-refractivity contribution >= 4 is 21.6 Å². The average Bonchev–Trinajstić information content (AvgIpc) is 2.42. The number of aryl methyl sites for hydroxylation is 1. The van der Waals surface area contributed by atoms with Crippen molar-refractivity contribution in [2.45, 2.75) is 52.0 Å². The van der Waals surface area contributed by atoms with Crippen LogP contribution >= 0.6 is 15.9 Å². The van der Waals surface area contributed by atoms with Gasteiger partial charge < -0.3 is 5.32 Å². The third-order valence-corrected chi connectivity index (χ3v) is 4.07. The first kappa shape index (κ1) is 17.1. The number of hydrogen-bond acceptors (Lipinski definition) is 3. The average molecular weight is 343 g/mol. The lowest BCUT2D eigenvalue weighted by Crippen LogP contribution is -2.30. The van der Waals surface area contributed by atoms with E-state index in [0.717, 1.165) is 35.8 Å². The van der Waals surface area contributed by atoms with E-state index in [1.54, 1.807) is 12.1 Å².